The molecular formula is C5H9AlCl4N2. The molecule has 0 aliphatic heterocycles. The Morgan fingerprint density at radius 2 is 1.75 bits per heavy atom. The molecule has 0 radical (unpaired) electrons. The lowest BCUT2D eigenvalue weighted by Crippen LogP contribution is -2.27. The second kappa shape index (κ2) is 5.59. The van der Waals surface area contributed by atoms with Crippen molar-refractivity contribution in [3.63, 3.8) is 0 Å². The Hall–Kier alpha value is 0.902. The lowest BCUT2D eigenvalue weighted by molar-refractivity contribution is -0.676. The van der Waals surface area contributed by atoms with Crippen LogP contribution in [0.1, 0.15) is 5.82 Å². The number of H-pyrrole nitrogens is 1. The molecule has 0 saturated heterocycles. The molecule has 1 heterocycles. The standard InChI is InChI=1S/C5H8N2.Al.4ClH/c1-5-6-3-4-7(5)2;;;;;/h3-4H,1-2H3;;4*1H/q;+3;;;;/p-3. The fourth-order valence-corrected chi connectivity index (χ4v) is 0.483. The highest BCUT2D eigenvalue weighted by atomic mass is 35.9. The Morgan fingerprint density at radius 3 is 1.83 bits per heavy atom. The monoisotopic (exact) mass is 264 g/mol. The SMILES string of the molecule is Cc1[nH]cc[n+]1C.[Cl][Al-]([Cl])([Cl])[Cl]. The van der Waals surface area contributed by atoms with Gasteiger partial charge in [-0.05, 0) is 0 Å². The van der Waals surface area contributed by atoms with Gasteiger partial charge in [0.25, 0.3) is 5.82 Å². The maximum Gasteiger partial charge on any atom is 0.564 e. The van der Waals surface area contributed by atoms with E-state index in [1.165, 1.54) is 5.82 Å². The van der Waals surface area contributed by atoms with Crippen molar-refractivity contribution in [2.75, 3.05) is 0 Å². The van der Waals surface area contributed by atoms with Crippen LogP contribution in [0.5, 0.6) is 0 Å². The summed E-state index contributed by atoms with van der Waals surface area (Å²) in [5.41, 5.74) is 0. The highest BCUT2D eigenvalue weighted by molar-refractivity contribution is 7.81. The van der Waals surface area contributed by atoms with Gasteiger partial charge in [-0.1, -0.05) is 0 Å². The van der Waals surface area contributed by atoms with E-state index in [-0.39, 0.29) is 0 Å². The van der Waals surface area contributed by atoms with E-state index in [0.717, 1.165) is 0 Å². The largest absolute Gasteiger partial charge is 0.564 e. The number of rotatable bonds is 0. The number of aryl methyl sites for hydroxylation is 2. The van der Waals surface area contributed by atoms with Crippen molar-refractivity contribution in [1.29, 1.82) is 0 Å². The van der Waals surface area contributed by atoms with E-state index in [9.17, 15) is 0 Å². The lowest BCUT2D eigenvalue weighted by atomic mass is 10.7. The average molecular weight is 266 g/mol. The molecule has 1 aromatic heterocycles. The molecule has 0 unspecified atom stereocenters. The fraction of sp³-hybridized carbons (Fsp3) is 0.400. The maximum atomic E-state index is 4.99. The Bertz CT molecular complexity index is 209. The van der Waals surface area contributed by atoms with E-state index in [1.807, 2.05) is 30.9 Å². The second-order valence-corrected chi connectivity index (χ2v) is 15.0. The molecule has 0 aromatic carbocycles. The van der Waals surface area contributed by atoms with Gasteiger partial charge in [-0.2, -0.15) is 0 Å². The summed E-state index contributed by atoms with van der Waals surface area (Å²) < 4.78 is 2.03. The van der Waals surface area contributed by atoms with Crippen molar-refractivity contribution in [3.05, 3.63) is 18.2 Å². The van der Waals surface area contributed by atoms with Crippen molar-refractivity contribution in [2.24, 2.45) is 7.05 Å². The first-order valence-electron chi connectivity index (χ1n) is 3.17. The van der Waals surface area contributed by atoms with Crippen molar-refractivity contribution in [1.82, 2.24) is 4.98 Å². The Labute approximate surface area is 90.9 Å². The molecular weight excluding hydrogens is 257 g/mol. The Kier molecular flexibility index (Phi) is 6.02. The van der Waals surface area contributed by atoms with Crippen molar-refractivity contribution in [2.45, 2.75) is 6.92 Å². The molecule has 1 rings (SSSR count). The number of aromatic nitrogens is 2. The van der Waals surface area contributed by atoms with Crippen LogP contribution < -0.4 is 4.57 Å². The molecule has 0 aliphatic rings. The molecule has 0 aliphatic carbocycles. The maximum absolute atomic E-state index is 4.99. The zero-order chi connectivity index (χ0) is 9.78. The van der Waals surface area contributed by atoms with Crippen LogP contribution in [0.4, 0.5) is 0 Å². The van der Waals surface area contributed by atoms with Crippen molar-refractivity contribution < 1.29 is 4.57 Å². The molecule has 70 valence electrons. The first-order valence-corrected chi connectivity index (χ1v) is 10.2. The average Bonchev–Trinajstić information content (AvgIpc) is 2.12. The van der Waals surface area contributed by atoms with Crippen LogP contribution in [-0.4, -0.2) is 14.4 Å². The predicted molar refractivity (Wildman–Crippen MR) is 55.9 cm³/mol. The van der Waals surface area contributed by atoms with Gasteiger partial charge in [-0.3, -0.25) is 0 Å². The third kappa shape index (κ3) is 8.99. The quantitative estimate of drug-likeness (QED) is 0.550. The van der Waals surface area contributed by atoms with E-state index < -0.39 is 9.39 Å². The van der Waals surface area contributed by atoms with Crippen molar-refractivity contribution >= 4 is 49.6 Å². The van der Waals surface area contributed by atoms with Gasteiger partial charge < -0.3 is 40.2 Å². The lowest BCUT2D eigenvalue weighted by Gasteiger charge is -1.97. The number of nitrogens with one attached hydrogen (secondary N) is 1. The molecule has 0 bridgehead atoms. The van der Waals surface area contributed by atoms with Crippen LogP contribution in [0.3, 0.4) is 0 Å². The first kappa shape index (κ1) is 12.9. The first-order chi connectivity index (χ1) is 5.30. The van der Waals surface area contributed by atoms with Gasteiger partial charge in [0.15, 0.2) is 0 Å². The molecule has 0 atom stereocenters. The van der Waals surface area contributed by atoms with E-state index in [4.69, 9.17) is 40.2 Å². The van der Waals surface area contributed by atoms with Gasteiger partial charge >= 0.3 is 9.39 Å². The van der Waals surface area contributed by atoms with Gasteiger partial charge in [-0.15, -0.1) is 0 Å². The van der Waals surface area contributed by atoms with Gasteiger partial charge in [-0.25, -0.2) is 9.55 Å². The second-order valence-electron chi connectivity index (χ2n) is 2.15. The number of hydrogen-bond donors (Lipinski definition) is 1. The molecule has 2 nitrogen and oxygen atoms in total. The summed E-state index contributed by atoms with van der Waals surface area (Å²) >= 11 is 0. The smallest absolute Gasteiger partial charge is 0.391 e. The summed E-state index contributed by atoms with van der Waals surface area (Å²) in [4.78, 5) is 3.03. The van der Waals surface area contributed by atoms with Crippen molar-refractivity contribution in [3.8, 4) is 0 Å². The Morgan fingerprint density at radius 1 is 1.33 bits per heavy atom. The molecule has 0 fully saturated rings. The molecule has 0 saturated carbocycles. The third-order valence-corrected chi connectivity index (χ3v) is 1.12. The predicted octanol–water partition coefficient (Wildman–Crippen LogP) is 2.52. The molecule has 12 heavy (non-hydrogen) atoms. The summed E-state index contributed by atoms with van der Waals surface area (Å²) in [6, 6.07) is 0. The highest BCUT2D eigenvalue weighted by Crippen LogP contribution is 2.23. The summed E-state index contributed by atoms with van der Waals surface area (Å²) in [7, 11) is 19.0. The van der Waals surface area contributed by atoms with Crippen LogP contribution in [0.15, 0.2) is 12.4 Å². The van der Waals surface area contributed by atoms with Gasteiger partial charge in [0.05, 0.1) is 7.05 Å². The number of hydrogen-bond acceptors (Lipinski definition) is 0. The molecule has 1 N–H and O–H groups in total. The van der Waals surface area contributed by atoms with Crippen LogP contribution in [0.2, 0.25) is 0 Å². The van der Waals surface area contributed by atoms with Gasteiger partial charge in [0, 0.05) is 6.92 Å². The van der Waals surface area contributed by atoms with Gasteiger partial charge in [0.1, 0.15) is 12.4 Å². The zero-order valence-electron chi connectivity index (χ0n) is 6.69. The normalized spacial score (nSPS) is 10.5. The number of nitrogens with zero attached hydrogens (tertiary/aromatic N) is 1. The zero-order valence-corrected chi connectivity index (χ0v) is 10.9. The number of halogens is 4. The highest BCUT2D eigenvalue weighted by Gasteiger charge is 2.14. The molecule has 0 spiro atoms. The van der Waals surface area contributed by atoms with E-state index in [1.54, 1.807) is 0 Å². The summed E-state index contributed by atoms with van der Waals surface area (Å²) in [5, 5.41) is 0. The van der Waals surface area contributed by atoms with Crippen LogP contribution in [-0.2, 0) is 7.05 Å². The topological polar surface area (TPSA) is 19.7 Å². The molecule has 1 aromatic rings. The van der Waals surface area contributed by atoms with E-state index in [0.29, 0.717) is 0 Å². The van der Waals surface area contributed by atoms with E-state index in [2.05, 4.69) is 4.98 Å². The fourth-order valence-electron chi connectivity index (χ4n) is 0.483. The third-order valence-electron chi connectivity index (χ3n) is 1.12. The number of aromatic amines is 1. The molecule has 0 amide bonds. The van der Waals surface area contributed by atoms with E-state index >= 15 is 0 Å². The molecule has 7 heteroatoms. The summed E-state index contributed by atoms with van der Waals surface area (Å²) in [6.45, 7) is 2.03. The minimum Gasteiger partial charge on any atom is -0.391 e. The minimum absolute atomic E-state index is 1.18. The Balaban J connectivity index is 0.000000217. The minimum atomic E-state index is -2.94. The summed E-state index contributed by atoms with van der Waals surface area (Å²) in [5.74, 6) is 1.18. The van der Waals surface area contributed by atoms with Crippen LogP contribution in [0, 0.1) is 6.92 Å². The van der Waals surface area contributed by atoms with Crippen LogP contribution in [0.25, 0.3) is 0 Å². The van der Waals surface area contributed by atoms with Crippen LogP contribution >= 0.6 is 40.2 Å². The van der Waals surface area contributed by atoms with Gasteiger partial charge in [0.2, 0.25) is 0 Å². The number of imidazole rings is 1. The summed E-state index contributed by atoms with van der Waals surface area (Å²) in [6.07, 6.45) is 3.89.